The molecule has 0 saturated heterocycles. The Hall–Kier alpha value is -3.52. The van der Waals surface area contributed by atoms with E-state index in [9.17, 15) is 13.2 Å². The second kappa shape index (κ2) is 9.53. The minimum atomic E-state index is -3.85. The molecule has 0 fully saturated rings. The molecule has 0 N–H and O–H groups in total. The number of benzene rings is 3. The Bertz CT molecular complexity index is 1160. The molecule has 3 aromatic rings. The number of para-hydroxylation sites is 3. The van der Waals surface area contributed by atoms with Crippen molar-refractivity contribution in [3.8, 4) is 11.5 Å². The van der Waals surface area contributed by atoms with Crippen LogP contribution in [0, 0.1) is 0 Å². The van der Waals surface area contributed by atoms with Gasteiger partial charge in [0.15, 0.2) is 0 Å². The van der Waals surface area contributed by atoms with Crippen molar-refractivity contribution in [2.24, 2.45) is 0 Å². The highest BCUT2D eigenvalue weighted by molar-refractivity contribution is 7.92. The fourth-order valence-corrected chi connectivity index (χ4v) is 4.20. The molecule has 0 aliphatic carbocycles. The van der Waals surface area contributed by atoms with Crippen LogP contribution in [0.2, 0.25) is 0 Å². The molecular formula is C23H23NO6S. The number of hydrogen-bond donors (Lipinski definition) is 0. The van der Waals surface area contributed by atoms with Gasteiger partial charge >= 0.3 is 5.97 Å². The minimum Gasteiger partial charge on any atom is -0.496 e. The number of ether oxygens (including phenoxy) is 3. The first-order chi connectivity index (χ1) is 14.9. The third-order valence-electron chi connectivity index (χ3n) is 4.72. The Morgan fingerprint density at radius 1 is 0.839 bits per heavy atom. The average Bonchev–Trinajstić information content (AvgIpc) is 2.82. The first kappa shape index (κ1) is 22.2. The van der Waals surface area contributed by atoms with Crippen LogP contribution in [-0.4, -0.2) is 35.7 Å². The van der Waals surface area contributed by atoms with E-state index in [2.05, 4.69) is 0 Å². The summed E-state index contributed by atoms with van der Waals surface area (Å²) in [6.07, 6.45) is 0. The molecule has 0 aliphatic heterocycles. The van der Waals surface area contributed by atoms with Gasteiger partial charge in [0.1, 0.15) is 18.1 Å². The number of esters is 1. The van der Waals surface area contributed by atoms with Gasteiger partial charge < -0.3 is 14.2 Å². The Morgan fingerprint density at radius 3 is 2.06 bits per heavy atom. The molecule has 0 aliphatic rings. The van der Waals surface area contributed by atoms with Crippen molar-refractivity contribution in [3.63, 3.8) is 0 Å². The Kier molecular flexibility index (Phi) is 6.81. The van der Waals surface area contributed by atoms with Gasteiger partial charge in [-0.3, -0.25) is 4.31 Å². The molecular weight excluding hydrogens is 418 g/mol. The lowest BCUT2D eigenvalue weighted by atomic mass is 10.2. The number of anilines is 1. The molecule has 8 heteroatoms. The second-order valence-corrected chi connectivity index (χ2v) is 8.53. The van der Waals surface area contributed by atoms with Crippen molar-refractivity contribution in [1.82, 2.24) is 0 Å². The fourth-order valence-electron chi connectivity index (χ4n) is 2.99. The molecule has 0 unspecified atom stereocenters. The van der Waals surface area contributed by atoms with Crippen LogP contribution in [0.3, 0.4) is 0 Å². The zero-order valence-electron chi connectivity index (χ0n) is 17.4. The largest absolute Gasteiger partial charge is 0.496 e. The van der Waals surface area contributed by atoms with E-state index in [1.807, 2.05) is 12.1 Å². The molecule has 31 heavy (non-hydrogen) atoms. The van der Waals surface area contributed by atoms with Crippen LogP contribution in [0.4, 0.5) is 5.69 Å². The van der Waals surface area contributed by atoms with Crippen molar-refractivity contribution in [3.05, 3.63) is 83.9 Å². The third-order valence-corrected chi connectivity index (χ3v) is 6.51. The van der Waals surface area contributed by atoms with Crippen LogP contribution in [-0.2, 0) is 21.4 Å². The van der Waals surface area contributed by atoms with Crippen LogP contribution in [0.1, 0.15) is 15.9 Å². The van der Waals surface area contributed by atoms with Crippen molar-refractivity contribution < 1.29 is 27.4 Å². The Labute approximate surface area is 181 Å². The highest BCUT2D eigenvalue weighted by Crippen LogP contribution is 2.31. The lowest BCUT2D eigenvalue weighted by Crippen LogP contribution is -2.27. The summed E-state index contributed by atoms with van der Waals surface area (Å²) in [5, 5.41) is 0. The zero-order valence-corrected chi connectivity index (χ0v) is 18.3. The van der Waals surface area contributed by atoms with Crippen LogP contribution in [0.5, 0.6) is 11.5 Å². The number of carbonyl (C=O) groups is 1. The van der Waals surface area contributed by atoms with Crippen LogP contribution in [0.15, 0.2) is 77.7 Å². The average molecular weight is 442 g/mol. The number of sulfonamides is 1. The molecule has 7 nitrogen and oxygen atoms in total. The second-order valence-electron chi connectivity index (χ2n) is 6.56. The van der Waals surface area contributed by atoms with E-state index in [0.717, 1.165) is 9.87 Å². The van der Waals surface area contributed by atoms with Crippen molar-refractivity contribution in [2.45, 2.75) is 11.5 Å². The van der Waals surface area contributed by atoms with Gasteiger partial charge in [-0.05, 0) is 42.5 Å². The van der Waals surface area contributed by atoms with E-state index in [0.29, 0.717) is 17.2 Å². The summed E-state index contributed by atoms with van der Waals surface area (Å²) in [6.45, 7) is 0.0411. The molecule has 0 saturated carbocycles. The summed E-state index contributed by atoms with van der Waals surface area (Å²) in [6, 6.07) is 19.6. The topological polar surface area (TPSA) is 82.1 Å². The van der Waals surface area contributed by atoms with E-state index in [4.69, 9.17) is 14.2 Å². The van der Waals surface area contributed by atoms with Gasteiger partial charge in [0.25, 0.3) is 10.0 Å². The lowest BCUT2D eigenvalue weighted by Gasteiger charge is -2.21. The Balaban J connectivity index is 1.75. The van der Waals surface area contributed by atoms with Gasteiger partial charge in [-0.1, -0.05) is 30.3 Å². The zero-order chi connectivity index (χ0) is 22.4. The van der Waals surface area contributed by atoms with Gasteiger partial charge in [-0.2, -0.15) is 0 Å². The van der Waals surface area contributed by atoms with Gasteiger partial charge in [0.05, 0.1) is 30.4 Å². The first-order valence-electron chi connectivity index (χ1n) is 9.39. The molecule has 3 aromatic carbocycles. The molecule has 0 amide bonds. The summed E-state index contributed by atoms with van der Waals surface area (Å²) < 4.78 is 43.0. The SMILES string of the molecule is COc1ccccc1COC(=O)c1ccc(S(=O)(=O)N(C)c2ccccc2OC)cc1. The monoisotopic (exact) mass is 441 g/mol. The highest BCUT2D eigenvalue weighted by atomic mass is 32.2. The summed E-state index contributed by atoms with van der Waals surface area (Å²) in [5.74, 6) is 0.495. The molecule has 162 valence electrons. The van der Waals surface area contributed by atoms with Crippen molar-refractivity contribution >= 4 is 21.7 Å². The normalized spacial score (nSPS) is 10.9. The molecule has 0 radical (unpaired) electrons. The number of nitrogens with zero attached hydrogens (tertiary/aromatic N) is 1. The summed E-state index contributed by atoms with van der Waals surface area (Å²) in [7, 11) is 0.621. The molecule has 0 bridgehead atoms. The summed E-state index contributed by atoms with van der Waals surface area (Å²) in [4.78, 5) is 12.4. The minimum absolute atomic E-state index is 0.0411. The van der Waals surface area contributed by atoms with Gasteiger partial charge in [0, 0.05) is 12.6 Å². The maximum atomic E-state index is 13.0. The maximum Gasteiger partial charge on any atom is 0.338 e. The predicted molar refractivity (Wildman–Crippen MR) is 117 cm³/mol. The van der Waals surface area contributed by atoms with E-state index in [1.165, 1.54) is 38.4 Å². The van der Waals surface area contributed by atoms with E-state index >= 15 is 0 Å². The predicted octanol–water partition coefficient (Wildman–Crippen LogP) is 3.89. The van der Waals surface area contributed by atoms with Gasteiger partial charge in [-0.15, -0.1) is 0 Å². The smallest absolute Gasteiger partial charge is 0.338 e. The molecule has 0 spiro atoms. The molecule has 0 heterocycles. The molecule has 3 rings (SSSR count). The quantitative estimate of drug-likeness (QED) is 0.494. The van der Waals surface area contributed by atoms with Gasteiger partial charge in [0.2, 0.25) is 0 Å². The van der Waals surface area contributed by atoms with Crippen molar-refractivity contribution in [1.29, 1.82) is 0 Å². The molecule has 0 atom stereocenters. The summed E-state index contributed by atoms with van der Waals surface area (Å²) >= 11 is 0. The number of rotatable bonds is 8. The lowest BCUT2D eigenvalue weighted by molar-refractivity contribution is 0.0470. The van der Waals surface area contributed by atoms with Gasteiger partial charge in [-0.25, -0.2) is 13.2 Å². The number of hydrogen-bond acceptors (Lipinski definition) is 6. The Morgan fingerprint density at radius 2 is 1.42 bits per heavy atom. The number of carbonyl (C=O) groups excluding carboxylic acids is 1. The van der Waals surface area contributed by atoms with E-state index in [-0.39, 0.29) is 17.1 Å². The highest BCUT2D eigenvalue weighted by Gasteiger charge is 2.24. The van der Waals surface area contributed by atoms with E-state index < -0.39 is 16.0 Å². The van der Waals surface area contributed by atoms with Crippen LogP contribution in [0.25, 0.3) is 0 Å². The van der Waals surface area contributed by atoms with Crippen molar-refractivity contribution in [2.75, 3.05) is 25.6 Å². The first-order valence-corrected chi connectivity index (χ1v) is 10.8. The number of methoxy groups -OCH3 is 2. The van der Waals surface area contributed by atoms with E-state index in [1.54, 1.807) is 43.5 Å². The van der Waals surface area contributed by atoms with Crippen LogP contribution < -0.4 is 13.8 Å². The maximum absolute atomic E-state index is 13.0. The standard InChI is InChI=1S/C23H23NO6S/c1-24(20-9-5-7-11-22(20)29-3)31(26,27)19-14-12-17(13-15-19)23(25)30-16-18-8-4-6-10-21(18)28-2/h4-15H,16H2,1-3H3. The van der Waals surface area contributed by atoms with Crippen LogP contribution >= 0.6 is 0 Å². The summed E-state index contributed by atoms with van der Waals surface area (Å²) in [5.41, 5.74) is 1.38. The fraction of sp³-hybridized carbons (Fsp3) is 0.174. The molecule has 0 aromatic heterocycles. The third kappa shape index (κ3) is 4.80.